The Labute approximate surface area is 190 Å². The molecule has 33 heavy (non-hydrogen) atoms. The minimum atomic E-state index is -4.22. The SMILES string of the molecule is CN[C@H]1CC[C@@H](c2nnc3cnc4[nH]ccc4n23)C1.Cc1cccc(C(F)(F)F)c1.O=CO.[HH].[HH]. The maximum atomic E-state index is 12.0. The molecule has 1 saturated carbocycles. The molecule has 8 nitrogen and oxygen atoms in total. The van der Waals surface area contributed by atoms with E-state index >= 15 is 0 Å². The first kappa shape index (κ1) is 24.2. The van der Waals surface area contributed by atoms with Crippen molar-refractivity contribution in [2.24, 2.45) is 0 Å². The van der Waals surface area contributed by atoms with Crippen LogP contribution in [0.25, 0.3) is 16.8 Å². The van der Waals surface area contributed by atoms with Gasteiger partial charge >= 0.3 is 6.18 Å². The summed E-state index contributed by atoms with van der Waals surface area (Å²) in [5, 5.41) is 18.9. The predicted octanol–water partition coefficient (Wildman–Crippen LogP) is 4.67. The Morgan fingerprint density at radius 2 is 2.03 bits per heavy atom. The van der Waals surface area contributed by atoms with Gasteiger partial charge < -0.3 is 15.4 Å². The summed E-state index contributed by atoms with van der Waals surface area (Å²) in [4.78, 5) is 15.8. The lowest BCUT2D eigenvalue weighted by molar-refractivity contribution is -0.137. The summed E-state index contributed by atoms with van der Waals surface area (Å²) >= 11 is 0. The number of alkyl halides is 3. The zero-order valence-corrected chi connectivity index (χ0v) is 18.2. The van der Waals surface area contributed by atoms with Crippen molar-refractivity contribution in [3.05, 3.63) is 59.7 Å². The molecule has 1 aromatic carbocycles. The molecule has 3 heterocycles. The van der Waals surface area contributed by atoms with Crippen molar-refractivity contribution < 1.29 is 25.9 Å². The highest BCUT2D eigenvalue weighted by atomic mass is 19.4. The highest BCUT2D eigenvalue weighted by molar-refractivity contribution is 5.74. The summed E-state index contributed by atoms with van der Waals surface area (Å²) in [6.45, 7) is 1.38. The van der Waals surface area contributed by atoms with Gasteiger partial charge in [-0.1, -0.05) is 23.8 Å². The van der Waals surface area contributed by atoms with Gasteiger partial charge in [0.05, 0.1) is 17.3 Å². The van der Waals surface area contributed by atoms with E-state index in [9.17, 15) is 13.2 Å². The van der Waals surface area contributed by atoms with Gasteiger partial charge in [0.15, 0.2) is 11.3 Å². The Hall–Kier alpha value is -3.47. The van der Waals surface area contributed by atoms with Crippen molar-refractivity contribution in [2.75, 3.05) is 7.05 Å². The first-order chi connectivity index (χ1) is 15.8. The van der Waals surface area contributed by atoms with Gasteiger partial charge in [-0.25, -0.2) is 4.98 Å². The van der Waals surface area contributed by atoms with Gasteiger partial charge in [0.2, 0.25) is 0 Å². The fourth-order valence-electron chi connectivity index (χ4n) is 3.96. The Morgan fingerprint density at radius 3 is 2.64 bits per heavy atom. The molecule has 1 fully saturated rings. The van der Waals surface area contributed by atoms with E-state index in [1.807, 2.05) is 19.3 Å². The number of fused-ring (bicyclic) bond motifs is 3. The summed E-state index contributed by atoms with van der Waals surface area (Å²) in [7, 11) is 2.03. The van der Waals surface area contributed by atoms with E-state index in [0.29, 0.717) is 17.5 Å². The van der Waals surface area contributed by atoms with E-state index < -0.39 is 11.7 Å². The fourth-order valence-corrected chi connectivity index (χ4v) is 3.96. The van der Waals surface area contributed by atoms with Gasteiger partial charge in [0.1, 0.15) is 5.82 Å². The second-order valence-corrected chi connectivity index (χ2v) is 7.69. The average molecular weight is 467 g/mol. The summed E-state index contributed by atoms with van der Waals surface area (Å²) in [5.74, 6) is 1.55. The highest BCUT2D eigenvalue weighted by Crippen LogP contribution is 2.34. The molecule has 5 rings (SSSR count). The number of nitrogens with one attached hydrogen (secondary N) is 2. The van der Waals surface area contributed by atoms with Crippen molar-refractivity contribution in [1.29, 1.82) is 0 Å². The maximum absolute atomic E-state index is 12.0. The van der Waals surface area contributed by atoms with Crippen LogP contribution < -0.4 is 5.32 Å². The van der Waals surface area contributed by atoms with E-state index in [2.05, 4.69) is 29.9 Å². The van der Waals surface area contributed by atoms with Crippen molar-refractivity contribution in [1.82, 2.24) is 29.9 Å². The Balaban J connectivity index is 0.000000332. The molecule has 0 radical (unpaired) electrons. The summed E-state index contributed by atoms with van der Waals surface area (Å²) in [6.07, 6.45) is 2.97. The Bertz CT molecular complexity index is 1210. The van der Waals surface area contributed by atoms with Crippen LogP contribution in [0.3, 0.4) is 0 Å². The van der Waals surface area contributed by atoms with Crippen molar-refractivity contribution in [2.45, 2.75) is 44.3 Å². The number of rotatable bonds is 2. The number of hydrogen-bond acceptors (Lipinski definition) is 5. The lowest BCUT2D eigenvalue weighted by Crippen LogP contribution is -2.21. The van der Waals surface area contributed by atoms with Gasteiger partial charge in [-0.05, 0) is 45.4 Å². The molecule has 0 aliphatic heterocycles. The zero-order valence-electron chi connectivity index (χ0n) is 18.2. The molecule has 180 valence electrons. The molecule has 4 aromatic rings. The molecular weight excluding hydrogens is 437 g/mol. The molecule has 1 aliphatic rings. The molecular formula is C22H29F3N6O2. The molecule has 1 aliphatic carbocycles. The number of aryl methyl sites for hydroxylation is 1. The average Bonchev–Trinajstić information content (AvgIpc) is 3.51. The number of benzene rings is 1. The fraction of sp³-hybridized carbons (Fsp3) is 0.364. The molecule has 3 aromatic heterocycles. The van der Waals surface area contributed by atoms with Crippen LogP contribution in [0.15, 0.2) is 42.7 Å². The number of carbonyl (C=O) groups is 1. The monoisotopic (exact) mass is 466 g/mol. The Morgan fingerprint density at radius 1 is 1.27 bits per heavy atom. The van der Waals surface area contributed by atoms with Gasteiger partial charge in [-0.15, -0.1) is 10.2 Å². The van der Waals surface area contributed by atoms with Crippen LogP contribution in [-0.4, -0.2) is 49.2 Å². The van der Waals surface area contributed by atoms with E-state index in [1.54, 1.807) is 19.2 Å². The van der Waals surface area contributed by atoms with Crippen molar-refractivity contribution in [3.63, 3.8) is 0 Å². The molecule has 0 bridgehead atoms. The number of aromatic amines is 1. The van der Waals surface area contributed by atoms with E-state index in [0.717, 1.165) is 41.2 Å². The Kier molecular flexibility index (Phi) is 7.64. The molecule has 0 spiro atoms. The second kappa shape index (κ2) is 10.4. The quantitative estimate of drug-likeness (QED) is 0.371. The number of H-pyrrole nitrogens is 1. The maximum Gasteiger partial charge on any atom is 0.416 e. The van der Waals surface area contributed by atoms with Crippen molar-refractivity contribution >= 4 is 23.3 Å². The third-order valence-electron chi connectivity index (χ3n) is 5.52. The largest absolute Gasteiger partial charge is 0.483 e. The van der Waals surface area contributed by atoms with Gasteiger partial charge in [0, 0.05) is 21.0 Å². The standard InChI is InChI=1S/C13H16N6.C8H7F3.CH2O2.2H2/c1-14-9-3-2-8(6-9)13-18-17-11-7-16-12-10(19(11)13)4-5-15-12;1-6-3-2-4-7(5-6)8(9,10)11;2-1-3;;/h4-5,7-9,14-15H,2-3,6H2,1H3;2-5H,1H3;1H,(H,2,3);2*1H/t8-,9+;;;;/m1..../s1. The van der Waals surface area contributed by atoms with Crippen LogP contribution in [0.1, 0.15) is 45.0 Å². The first-order valence-corrected chi connectivity index (χ1v) is 10.3. The van der Waals surface area contributed by atoms with Crippen LogP contribution in [-0.2, 0) is 11.0 Å². The number of carboxylic acid groups (broad SMARTS) is 1. The second-order valence-electron chi connectivity index (χ2n) is 7.69. The van der Waals surface area contributed by atoms with Crippen molar-refractivity contribution in [3.8, 4) is 0 Å². The number of hydrogen-bond donors (Lipinski definition) is 3. The summed E-state index contributed by atoms with van der Waals surface area (Å²) in [6, 6.07) is 7.86. The third-order valence-corrected chi connectivity index (χ3v) is 5.52. The number of halogens is 3. The van der Waals surface area contributed by atoms with Crippen LogP contribution in [0.5, 0.6) is 0 Å². The predicted molar refractivity (Wildman–Crippen MR) is 121 cm³/mol. The first-order valence-electron chi connectivity index (χ1n) is 10.3. The number of nitrogens with zero attached hydrogens (tertiary/aromatic N) is 4. The molecule has 2 atom stereocenters. The molecule has 0 unspecified atom stereocenters. The molecule has 0 saturated heterocycles. The van der Waals surface area contributed by atoms with E-state index in [4.69, 9.17) is 9.90 Å². The van der Waals surface area contributed by atoms with Crippen LogP contribution in [0.2, 0.25) is 0 Å². The van der Waals surface area contributed by atoms with Crippen LogP contribution in [0, 0.1) is 6.92 Å². The minimum absolute atomic E-state index is 0. The smallest absolute Gasteiger partial charge is 0.416 e. The third kappa shape index (κ3) is 5.67. The van der Waals surface area contributed by atoms with Gasteiger partial charge in [-0.2, -0.15) is 13.2 Å². The van der Waals surface area contributed by atoms with Crippen LogP contribution >= 0.6 is 0 Å². The topological polar surface area (TPSA) is 108 Å². The van der Waals surface area contributed by atoms with E-state index in [-0.39, 0.29) is 9.33 Å². The molecule has 3 N–H and O–H groups in total. The molecule has 0 amide bonds. The van der Waals surface area contributed by atoms with Crippen LogP contribution in [0.4, 0.5) is 13.2 Å². The zero-order chi connectivity index (χ0) is 24.0. The minimum Gasteiger partial charge on any atom is -0.483 e. The summed E-state index contributed by atoms with van der Waals surface area (Å²) in [5.41, 5.74) is 2.81. The molecule has 11 heteroatoms. The van der Waals surface area contributed by atoms with Gasteiger partial charge in [-0.3, -0.25) is 9.20 Å². The lowest BCUT2D eigenvalue weighted by atomic mass is 10.1. The normalized spacial score (nSPS) is 17.8. The highest BCUT2D eigenvalue weighted by Gasteiger charge is 2.30. The van der Waals surface area contributed by atoms with Gasteiger partial charge in [0.25, 0.3) is 6.47 Å². The number of aromatic nitrogens is 5. The summed E-state index contributed by atoms with van der Waals surface area (Å²) < 4.78 is 38.0. The lowest BCUT2D eigenvalue weighted by Gasteiger charge is -2.09. The van der Waals surface area contributed by atoms with E-state index in [1.165, 1.54) is 18.9 Å².